The number of benzene rings is 3. The molecule has 0 N–H and O–H groups in total. The third kappa shape index (κ3) is 5.35. The van der Waals surface area contributed by atoms with E-state index in [4.69, 9.17) is 4.74 Å². The molecule has 3 aromatic carbocycles. The number of para-hydroxylation sites is 1. The van der Waals surface area contributed by atoms with Crippen LogP contribution in [0.25, 0.3) is 11.3 Å². The second kappa shape index (κ2) is 9.39. The van der Waals surface area contributed by atoms with E-state index in [0.717, 1.165) is 25.8 Å². The van der Waals surface area contributed by atoms with Gasteiger partial charge in [0.1, 0.15) is 11.5 Å². The van der Waals surface area contributed by atoms with Crippen molar-refractivity contribution in [2.45, 2.75) is 4.34 Å². The summed E-state index contributed by atoms with van der Waals surface area (Å²) in [4.78, 5) is 17.1. The summed E-state index contributed by atoms with van der Waals surface area (Å²) in [6.45, 7) is 0. The van der Waals surface area contributed by atoms with Gasteiger partial charge >= 0.3 is 0 Å². The van der Waals surface area contributed by atoms with Crippen LogP contribution in [0.5, 0.6) is 11.5 Å². The normalized spacial score (nSPS) is 10.7. The molecule has 4 aromatic rings. The van der Waals surface area contributed by atoms with Gasteiger partial charge in [-0.1, -0.05) is 58.0 Å². The van der Waals surface area contributed by atoms with Gasteiger partial charge < -0.3 is 4.74 Å². The van der Waals surface area contributed by atoms with Gasteiger partial charge in [0.25, 0.3) is 0 Å². The summed E-state index contributed by atoms with van der Waals surface area (Å²) < 4.78 is 7.69. The van der Waals surface area contributed by atoms with Crippen molar-refractivity contribution in [3.05, 3.63) is 94.3 Å². The maximum atomic E-state index is 12.5. The third-order valence-corrected chi connectivity index (χ3v) is 6.65. The van der Waals surface area contributed by atoms with E-state index in [2.05, 4.69) is 20.9 Å². The molecule has 6 heteroatoms. The van der Waals surface area contributed by atoms with Crippen molar-refractivity contribution in [1.82, 2.24) is 4.98 Å². The van der Waals surface area contributed by atoms with E-state index in [1.165, 1.54) is 11.8 Å². The molecule has 0 saturated carbocycles. The SMILES string of the molecule is O=C(CSc1nc(-c2ccc(Br)cc2)cs1)c1ccc(Oc2ccccc2)cc1. The zero-order valence-corrected chi connectivity index (χ0v) is 18.5. The van der Waals surface area contributed by atoms with E-state index in [1.807, 2.05) is 72.1 Å². The molecule has 1 heterocycles. The number of carbonyl (C=O) groups is 1. The molecule has 0 spiro atoms. The maximum absolute atomic E-state index is 12.5. The first kappa shape index (κ1) is 19.9. The van der Waals surface area contributed by atoms with Crippen molar-refractivity contribution in [1.29, 1.82) is 0 Å². The molecule has 0 fully saturated rings. The van der Waals surface area contributed by atoms with Crippen molar-refractivity contribution in [2.24, 2.45) is 0 Å². The summed E-state index contributed by atoms with van der Waals surface area (Å²) in [6.07, 6.45) is 0. The van der Waals surface area contributed by atoms with Crippen molar-refractivity contribution < 1.29 is 9.53 Å². The molecular weight excluding hydrogens is 466 g/mol. The topological polar surface area (TPSA) is 39.2 Å². The molecule has 0 bridgehead atoms. The number of thioether (sulfide) groups is 1. The van der Waals surface area contributed by atoms with Crippen molar-refractivity contribution in [3.63, 3.8) is 0 Å². The maximum Gasteiger partial charge on any atom is 0.173 e. The van der Waals surface area contributed by atoms with Gasteiger partial charge in [-0.15, -0.1) is 11.3 Å². The number of hydrogen-bond acceptors (Lipinski definition) is 5. The molecule has 29 heavy (non-hydrogen) atoms. The lowest BCUT2D eigenvalue weighted by Crippen LogP contribution is -2.02. The Kier molecular flexibility index (Phi) is 6.44. The van der Waals surface area contributed by atoms with Crippen LogP contribution in [0, 0.1) is 0 Å². The smallest absolute Gasteiger partial charge is 0.173 e. The number of nitrogens with zero attached hydrogens (tertiary/aromatic N) is 1. The molecule has 0 atom stereocenters. The van der Waals surface area contributed by atoms with Crippen molar-refractivity contribution in [3.8, 4) is 22.8 Å². The minimum absolute atomic E-state index is 0.0710. The van der Waals surface area contributed by atoms with Gasteiger partial charge in [0.15, 0.2) is 10.1 Å². The predicted octanol–water partition coefficient (Wildman–Crippen LogP) is 7.34. The molecule has 1 aromatic heterocycles. The lowest BCUT2D eigenvalue weighted by atomic mass is 10.1. The lowest BCUT2D eigenvalue weighted by Gasteiger charge is -2.06. The van der Waals surface area contributed by atoms with E-state index in [9.17, 15) is 4.79 Å². The second-order valence-electron chi connectivity index (χ2n) is 6.16. The molecule has 3 nitrogen and oxygen atoms in total. The van der Waals surface area contributed by atoms with E-state index in [-0.39, 0.29) is 5.78 Å². The molecule has 144 valence electrons. The number of carbonyl (C=O) groups excluding carboxylic acids is 1. The Bertz CT molecular complexity index is 1090. The van der Waals surface area contributed by atoms with Crippen molar-refractivity contribution in [2.75, 3.05) is 5.75 Å². The van der Waals surface area contributed by atoms with E-state index < -0.39 is 0 Å². The summed E-state index contributed by atoms with van der Waals surface area (Å²) >= 11 is 6.46. The zero-order chi connectivity index (χ0) is 20.1. The summed E-state index contributed by atoms with van der Waals surface area (Å²) in [6, 6.07) is 24.9. The molecule has 0 unspecified atom stereocenters. The summed E-state index contributed by atoms with van der Waals surface area (Å²) in [5.41, 5.74) is 2.67. The number of thiazole rings is 1. The minimum Gasteiger partial charge on any atom is -0.457 e. The summed E-state index contributed by atoms with van der Waals surface area (Å²) in [5, 5.41) is 2.02. The minimum atomic E-state index is 0.0710. The molecule has 0 aliphatic carbocycles. The average Bonchev–Trinajstić information content (AvgIpc) is 3.23. The van der Waals surface area contributed by atoms with Gasteiger partial charge in [0, 0.05) is 21.0 Å². The highest BCUT2D eigenvalue weighted by molar-refractivity contribution is 9.10. The second-order valence-corrected chi connectivity index (χ2v) is 9.15. The van der Waals surface area contributed by atoms with Crippen LogP contribution in [0.3, 0.4) is 0 Å². The van der Waals surface area contributed by atoms with Crippen LogP contribution in [0.4, 0.5) is 0 Å². The van der Waals surface area contributed by atoms with Crippen LogP contribution in [-0.2, 0) is 0 Å². The van der Waals surface area contributed by atoms with Crippen molar-refractivity contribution >= 4 is 44.8 Å². The number of rotatable bonds is 7. The van der Waals surface area contributed by atoms with Gasteiger partial charge in [-0.3, -0.25) is 4.79 Å². The van der Waals surface area contributed by atoms with Crippen LogP contribution in [0.1, 0.15) is 10.4 Å². The predicted molar refractivity (Wildman–Crippen MR) is 123 cm³/mol. The lowest BCUT2D eigenvalue weighted by molar-refractivity contribution is 0.102. The van der Waals surface area contributed by atoms with Crippen LogP contribution in [0.15, 0.2) is 93.1 Å². The Morgan fingerprint density at radius 1 is 0.931 bits per heavy atom. The fraction of sp³-hybridized carbons (Fsp3) is 0.0435. The Balaban J connectivity index is 1.34. The van der Waals surface area contributed by atoms with Gasteiger partial charge in [0.2, 0.25) is 0 Å². The first-order chi connectivity index (χ1) is 14.2. The number of ether oxygens (including phenoxy) is 1. The molecule has 0 aliphatic heterocycles. The zero-order valence-electron chi connectivity index (χ0n) is 15.2. The number of halogens is 1. The highest BCUT2D eigenvalue weighted by atomic mass is 79.9. The van der Waals surface area contributed by atoms with E-state index in [0.29, 0.717) is 17.1 Å². The highest BCUT2D eigenvalue weighted by Gasteiger charge is 2.10. The first-order valence-electron chi connectivity index (χ1n) is 8.88. The highest BCUT2D eigenvalue weighted by Crippen LogP contribution is 2.29. The van der Waals surface area contributed by atoms with Crippen LogP contribution in [0.2, 0.25) is 0 Å². The third-order valence-electron chi connectivity index (χ3n) is 4.11. The largest absolute Gasteiger partial charge is 0.457 e. The molecule has 0 saturated heterocycles. The molecular formula is C23H16BrNO2S2. The van der Waals surface area contributed by atoms with Gasteiger partial charge in [-0.2, -0.15) is 0 Å². The Morgan fingerprint density at radius 3 is 2.34 bits per heavy atom. The fourth-order valence-corrected chi connectivity index (χ4v) is 4.61. The Morgan fingerprint density at radius 2 is 1.62 bits per heavy atom. The fourth-order valence-electron chi connectivity index (χ4n) is 2.62. The summed E-state index contributed by atoms with van der Waals surface area (Å²) in [5.74, 6) is 1.90. The van der Waals surface area contributed by atoms with Crippen LogP contribution < -0.4 is 4.74 Å². The standard InChI is InChI=1S/C23H16BrNO2S2/c24-18-10-6-16(7-11-18)21-14-28-23(25-21)29-15-22(26)17-8-12-20(13-9-17)27-19-4-2-1-3-5-19/h1-14H,15H2. The number of hydrogen-bond donors (Lipinski definition) is 0. The Labute approximate surface area is 185 Å². The molecule has 0 aliphatic rings. The molecule has 0 amide bonds. The Hall–Kier alpha value is -2.41. The van der Waals surface area contributed by atoms with Crippen LogP contribution in [-0.4, -0.2) is 16.5 Å². The summed E-state index contributed by atoms with van der Waals surface area (Å²) in [7, 11) is 0. The van der Waals surface area contributed by atoms with Gasteiger partial charge in [-0.05, 0) is 48.5 Å². The molecule has 4 rings (SSSR count). The van der Waals surface area contributed by atoms with Gasteiger partial charge in [0.05, 0.1) is 11.4 Å². The van der Waals surface area contributed by atoms with Crippen LogP contribution >= 0.6 is 39.0 Å². The first-order valence-corrected chi connectivity index (χ1v) is 11.5. The number of ketones is 1. The van der Waals surface area contributed by atoms with E-state index >= 15 is 0 Å². The van der Waals surface area contributed by atoms with Gasteiger partial charge in [-0.25, -0.2) is 4.98 Å². The average molecular weight is 482 g/mol. The quantitative estimate of drug-likeness (QED) is 0.204. The monoisotopic (exact) mass is 481 g/mol. The van der Waals surface area contributed by atoms with E-state index in [1.54, 1.807) is 23.5 Å². The molecule has 0 radical (unpaired) electrons. The number of aromatic nitrogens is 1. The number of Topliss-reactive ketones (excluding diaryl/α,β-unsaturated/α-hetero) is 1.